The Balaban J connectivity index is 2.34. The van der Waals surface area contributed by atoms with Gasteiger partial charge >= 0.3 is 5.97 Å². The molecule has 0 aromatic rings. The van der Waals surface area contributed by atoms with E-state index in [-0.39, 0.29) is 5.97 Å². The summed E-state index contributed by atoms with van der Waals surface area (Å²) in [6.07, 6.45) is 2.39. The van der Waals surface area contributed by atoms with Crippen LogP contribution in [0, 0.1) is 5.41 Å². The zero-order valence-corrected chi connectivity index (χ0v) is 9.41. The van der Waals surface area contributed by atoms with Gasteiger partial charge in [-0.15, -0.1) is 23.2 Å². The number of ether oxygens (including phenoxy) is 1. The molecule has 1 atom stereocenters. The predicted octanol–water partition coefficient (Wildman–Crippen LogP) is 2.91. The van der Waals surface area contributed by atoms with Gasteiger partial charge in [0.2, 0.25) is 0 Å². The SMILES string of the molecule is CCCCOC(=O)C1(C)CC1(Cl)Cl. The first kappa shape index (κ1) is 11.1. The number of alkyl halides is 2. The summed E-state index contributed by atoms with van der Waals surface area (Å²) in [4.78, 5) is 11.4. The first-order valence-corrected chi connectivity index (χ1v) is 5.25. The Labute approximate surface area is 88.5 Å². The van der Waals surface area contributed by atoms with E-state index in [1.807, 2.05) is 6.92 Å². The lowest BCUT2D eigenvalue weighted by atomic mass is 10.1. The smallest absolute Gasteiger partial charge is 0.314 e. The van der Waals surface area contributed by atoms with Crippen molar-refractivity contribution in [2.75, 3.05) is 6.61 Å². The molecule has 1 fully saturated rings. The largest absolute Gasteiger partial charge is 0.465 e. The van der Waals surface area contributed by atoms with Gasteiger partial charge in [-0.25, -0.2) is 0 Å². The van der Waals surface area contributed by atoms with E-state index in [9.17, 15) is 4.79 Å². The molecule has 0 N–H and O–H groups in total. The van der Waals surface area contributed by atoms with Crippen molar-refractivity contribution in [1.29, 1.82) is 0 Å². The van der Waals surface area contributed by atoms with Crippen molar-refractivity contribution in [2.24, 2.45) is 5.41 Å². The van der Waals surface area contributed by atoms with Crippen molar-refractivity contribution >= 4 is 29.2 Å². The van der Waals surface area contributed by atoms with E-state index in [0.717, 1.165) is 12.8 Å². The second kappa shape index (κ2) is 3.66. The maximum Gasteiger partial charge on any atom is 0.314 e. The molecule has 1 aliphatic rings. The van der Waals surface area contributed by atoms with Gasteiger partial charge in [-0.1, -0.05) is 13.3 Å². The normalized spacial score (nSPS) is 29.8. The molecular weight excluding hydrogens is 211 g/mol. The molecule has 0 amide bonds. The number of carbonyl (C=O) groups is 1. The molecule has 0 heterocycles. The van der Waals surface area contributed by atoms with E-state index < -0.39 is 9.75 Å². The van der Waals surface area contributed by atoms with Crippen molar-refractivity contribution in [2.45, 2.75) is 37.4 Å². The van der Waals surface area contributed by atoms with Crippen LogP contribution < -0.4 is 0 Å². The van der Waals surface area contributed by atoms with Crippen molar-refractivity contribution < 1.29 is 9.53 Å². The van der Waals surface area contributed by atoms with Crippen LogP contribution in [0.4, 0.5) is 0 Å². The average molecular weight is 225 g/mol. The van der Waals surface area contributed by atoms with Crippen LogP contribution in [0.2, 0.25) is 0 Å². The van der Waals surface area contributed by atoms with Gasteiger partial charge in [-0.05, 0) is 13.3 Å². The van der Waals surface area contributed by atoms with Crippen LogP contribution in [0.15, 0.2) is 0 Å². The topological polar surface area (TPSA) is 26.3 Å². The summed E-state index contributed by atoms with van der Waals surface area (Å²) in [5.41, 5.74) is -0.677. The van der Waals surface area contributed by atoms with E-state index >= 15 is 0 Å². The molecule has 0 spiro atoms. The minimum absolute atomic E-state index is 0.272. The van der Waals surface area contributed by atoms with Gasteiger partial charge in [0, 0.05) is 6.42 Å². The van der Waals surface area contributed by atoms with E-state index in [2.05, 4.69) is 0 Å². The zero-order chi connectivity index (χ0) is 10.1. The van der Waals surface area contributed by atoms with Crippen LogP contribution >= 0.6 is 23.2 Å². The van der Waals surface area contributed by atoms with Crippen LogP contribution in [-0.4, -0.2) is 16.9 Å². The summed E-state index contributed by atoms with van der Waals surface area (Å²) in [6, 6.07) is 0. The van der Waals surface area contributed by atoms with Crippen molar-refractivity contribution in [3.63, 3.8) is 0 Å². The highest BCUT2D eigenvalue weighted by molar-refractivity contribution is 6.53. The maximum absolute atomic E-state index is 11.4. The number of unbranched alkanes of at least 4 members (excludes halogenated alkanes) is 1. The van der Waals surface area contributed by atoms with Crippen LogP contribution in [0.25, 0.3) is 0 Å². The summed E-state index contributed by atoms with van der Waals surface area (Å²) in [5, 5.41) is 0. The fourth-order valence-corrected chi connectivity index (χ4v) is 1.78. The van der Waals surface area contributed by atoms with Gasteiger partial charge < -0.3 is 4.74 Å². The minimum Gasteiger partial charge on any atom is -0.465 e. The molecule has 0 saturated heterocycles. The van der Waals surface area contributed by atoms with E-state index in [1.54, 1.807) is 6.92 Å². The standard InChI is InChI=1S/C9H14Cl2O2/c1-3-4-5-13-7(12)8(2)6-9(8,10)11/h3-6H2,1-2H3. The Morgan fingerprint density at radius 3 is 2.46 bits per heavy atom. The molecule has 4 heteroatoms. The number of halogens is 2. The second-order valence-electron chi connectivity index (χ2n) is 3.70. The molecule has 0 radical (unpaired) electrons. The highest BCUT2D eigenvalue weighted by Gasteiger charge is 2.69. The van der Waals surface area contributed by atoms with Crippen molar-refractivity contribution in [1.82, 2.24) is 0 Å². The monoisotopic (exact) mass is 224 g/mol. The summed E-state index contributed by atoms with van der Waals surface area (Å²) in [5.74, 6) is -0.272. The Bertz CT molecular complexity index is 216. The Morgan fingerprint density at radius 1 is 1.54 bits per heavy atom. The minimum atomic E-state index is -0.906. The molecule has 1 aliphatic carbocycles. The van der Waals surface area contributed by atoms with Crippen molar-refractivity contribution in [3.8, 4) is 0 Å². The second-order valence-corrected chi connectivity index (χ2v) is 5.19. The van der Waals surface area contributed by atoms with Gasteiger partial charge in [-0.2, -0.15) is 0 Å². The van der Waals surface area contributed by atoms with Gasteiger partial charge in [0.15, 0.2) is 0 Å². The molecule has 1 unspecified atom stereocenters. The van der Waals surface area contributed by atoms with Crippen LogP contribution in [0.3, 0.4) is 0 Å². The quantitative estimate of drug-likeness (QED) is 0.417. The highest BCUT2D eigenvalue weighted by atomic mass is 35.5. The molecule has 13 heavy (non-hydrogen) atoms. The number of hydrogen-bond acceptors (Lipinski definition) is 2. The third kappa shape index (κ3) is 2.10. The van der Waals surface area contributed by atoms with Gasteiger partial charge in [-0.3, -0.25) is 4.79 Å². The predicted molar refractivity (Wildman–Crippen MR) is 53.0 cm³/mol. The van der Waals surface area contributed by atoms with Gasteiger partial charge in [0.25, 0.3) is 0 Å². The Kier molecular flexibility index (Phi) is 3.13. The molecule has 1 saturated carbocycles. The molecule has 0 bridgehead atoms. The molecule has 0 aromatic heterocycles. The number of carbonyl (C=O) groups excluding carboxylic acids is 1. The summed E-state index contributed by atoms with van der Waals surface area (Å²) in [6.45, 7) is 4.25. The fourth-order valence-electron chi connectivity index (χ4n) is 1.09. The average Bonchev–Trinajstić information content (AvgIpc) is 2.53. The molecular formula is C9H14Cl2O2. The number of esters is 1. The first-order valence-electron chi connectivity index (χ1n) is 4.49. The fraction of sp³-hybridized carbons (Fsp3) is 0.889. The van der Waals surface area contributed by atoms with E-state index in [0.29, 0.717) is 13.0 Å². The highest BCUT2D eigenvalue weighted by Crippen LogP contribution is 2.64. The number of hydrogen-bond donors (Lipinski definition) is 0. The van der Waals surface area contributed by atoms with E-state index in [1.165, 1.54) is 0 Å². The molecule has 0 aromatic carbocycles. The third-order valence-corrected chi connectivity index (χ3v) is 3.54. The van der Waals surface area contributed by atoms with Crippen LogP contribution in [-0.2, 0) is 9.53 Å². The Hall–Kier alpha value is 0.0500. The van der Waals surface area contributed by atoms with Gasteiger partial charge in [0.1, 0.15) is 9.75 Å². The van der Waals surface area contributed by atoms with Crippen LogP contribution in [0.1, 0.15) is 33.1 Å². The maximum atomic E-state index is 11.4. The third-order valence-electron chi connectivity index (χ3n) is 2.44. The summed E-state index contributed by atoms with van der Waals surface area (Å²) < 4.78 is 4.13. The van der Waals surface area contributed by atoms with Crippen LogP contribution in [0.5, 0.6) is 0 Å². The summed E-state index contributed by atoms with van der Waals surface area (Å²) >= 11 is 11.6. The molecule has 76 valence electrons. The van der Waals surface area contributed by atoms with Crippen molar-refractivity contribution in [3.05, 3.63) is 0 Å². The summed E-state index contributed by atoms with van der Waals surface area (Å²) in [7, 11) is 0. The first-order chi connectivity index (χ1) is 5.94. The van der Waals surface area contributed by atoms with Gasteiger partial charge in [0.05, 0.1) is 6.61 Å². The zero-order valence-electron chi connectivity index (χ0n) is 7.90. The molecule has 2 nitrogen and oxygen atoms in total. The van der Waals surface area contributed by atoms with E-state index in [4.69, 9.17) is 27.9 Å². The lowest BCUT2D eigenvalue weighted by molar-refractivity contribution is -0.149. The molecule has 1 rings (SSSR count). The molecule has 0 aliphatic heterocycles. The lowest BCUT2D eigenvalue weighted by Crippen LogP contribution is -2.21. The lowest BCUT2D eigenvalue weighted by Gasteiger charge is -2.10. The number of rotatable bonds is 4. The Morgan fingerprint density at radius 2 is 2.08 bits per heavy atom.